The summed E-state index contributed by atoms with van der Waals surface area (Å²) in [5, 5.41) is 6.69. The van der Waals surface area contributed by atoms with Crippen LogP contribution in [0, 0.1) is 13.8 Å². The molecule has 3 rings (SSSR count). The van der Waals surface area contributed by atoms with Crippen LogP contribution in [0.1, 0.15) is 41.4 Å². The molecule has 1 aromatic heterocycles. The molecule has 0 saturated heterocycles. The number of nitrogens with zero attached hydrogens (tertiary/aromatic N) is 1. The maximum Gasteiger partial charge on any atom is 0.244 e. The van der Waals surface area contributed by atoms with Crippen molar-refractivity contribution in [2.75, 3.05) is 5.73 Å². The molecule has 0 radical (unpaired) electrons. The van der Waals surface area contributed by atoms with Crippen molar-refractivity contribution in [1.29, 1.82) is 0 Å². The quantitative estimate of drug-likeness (QED) is 0.753. The zero-order valence-electron chi connectivity index (χ0n) is 12.7. The normalized spacial score (nSPS) is 18.2. The van der Waals surface area contributed by atoms with Crippen LogP contribution >= 0.6 is 0 Å². The Bertz CT molecular complexity index is 791. The van der Waals surface area contributed by atoms with Crippen LogP contribution < -0.4 is 10.5 Å². The number of fused-ring (bicyclic) bond motifs is 1. The van der Waals surface area contributed by atoms with Gasteiger partial charge in [0.15, 0.2) is 0 Å². The molecule has 1 unspecified atom stereocenters. The number of aryl methyl sites for hydroxylation is 3. The summed E-state index contributed by atoms with van der Waals surface area (Å²) in [6.45, 7) is 3.40. The van der Waals surface area contributed by atoms with Crippen molar-refractivity contribution < 1.29 is 8.42 Å². The topological polar surface area (TPSA) is 101 Å². The minimum Gasteiger partial charge on any atom is -0.399 e. The molecule has 1 heterocycles. The molecule has 0 bridgehead atoms. The Labute approximate surface area is 130 Å². The number of anilines is 1. The minimum atomic E-state index is -3.61. The van der Waals surface area contributed by atoms with E-state index in [2.05, 4.69) is 14.9 Å². The molecule has 0 amide bonds. The summed E-state index contributed by atoms with van der Waals surface area (Å²) >= 11 is 0. The van der Waals surface area contributed by atoms with Crippen molar-refractivity contribution >= 4 is 15.7 Å². The number of aromatic nitrogens is 2. The fourth-order valence-electron chi connectivity index (χ4n) is 3.14. The lowest BCUT2D eigenvalue weighted by Gasteiger charge is -2.26. The summed E-state index contributed by atoms with van der Waals surface area (Å²) in [4.78, 5) is 0.245. The number of aromatic amines is 1. The first-order valence-corrected chi connectivity index (χ1v) is 8.79. The van der Waals surface area contributed by atoms with Crippen LogP contribution in [0.15, 0.2) is 23.1 Å². The first kappa shape index (κ1) is 15.1. The first-order chi connectivity index (χ1) is 10.4. The molecule has 2 aromatic rings. The van der Waals surface area contributed by atoms with Gasteiger partial charge < -0.3 is 5.73 Å². The summed E-state index contributed by atoms with van der Waals surface area (Å²) in [5.41, 5.74) is 9.71. The van der Waals surface area contributed by atoms with Crippen LogP contribution in [0.2, 0.25) is 0 Å². The molecule has 1 aliphatic rings. The smallest absolute Gasteiger partial charge is 0.244 e. The third-order valence-corrected chi connectivity index (χ3v) is 5.84. The third kappa shape index (κ3) is 2.62. The van der Waals surface area contributed by atoms with Gasteiger partial charge in [-0.25, -0.2) is 13.1 Å². The second-order valence-corrected chi connectivity index (χ2v) is 7.44. The molecule has 118 valence electrons. The number of nitrogens with two attached hydrogens (primary N) is 1. The minimum absolute atomic E-state index is 0.219. The van der Waals surface area contributed by atoms with E-state index in [1.807, 2.05) is 18.2 Å². The first-order valence-electron chi connectivity index (χ1n) is 7.30. The summed E-state index contributed by atoms with van der Waals surface area (Å²) in [6, 6.07) is 5.46. The Balaban J connectivity index is 1.95. The highest BCUT2D eigenvalue weighted by atomic mass is 32.2. The number of hydrogen-bond donors (Lipinski definition) is 3. The lowest BCUT2D eigenvalue weighted by atomic mass is 9.88. The van der Waals surface area contributed by atoms with Crippen LogP contribution in [0.5, 0.6) is 0 Å². The van der Waals surface area contributed by atoms with Gasteiger partial charge in [0.05, 0.1) is 11.4 Å². The van der Waals surface area contributed by atoms with Gasteiger partial charge in [0.25, 0.3) is 0 Å². The fraction of sp³-hybridized carbons (Fsp3) is 0.400. The van der Waals surface area contributed by atoms with Crippen LogP contribution in [-0.2, 0) is 16.4 Å². The van der Waals surface area contributed by atoms with Crippen molar-refractivity contribution in [1.82, 2.24) is 14.9 Å². The highest BCUT2D eigenvalue weighted by Crippen LogP contribution is 2.32. The summed E-state index contributed by atoms with van der Waals surface area (Å²) in [5.74, 6) is 0. The zero-order chi connectivity index (χ0) is 15.9. The van der Waals surface area contributed by atoms with Gasteiger partial charge >= 0.3 is 0 Å². The molecule has 0 spiro atoms. The van der Waals surface area contributed by atoms with Gasteiger partial charge in [-0.1, -0.05) is 6.07 Å². The van der Waals surface area contributed by atoms with Crippen LogP contribution in [0.3, 0.4) is 0 Å². The van der Waals surface area contributed by atoms with Crippen molar-refractivity contribution in [3.05, 3.63) is 40.7 Å². The number of benzene rings is 1. The van der Waals surface area contributed by atoms with E-state index in [4.69, 9.17) is 5.73 Å². The van der Waals surface area contributed by atoms with Crippen LogP contribution in [0.4, 0.5) is 5.69 Å². The van der Waals surface area contributed by atoms with Crippen molar-refractivity contribution in [2.24, 2.45) is 0 Å². The summed E-state index contributed by atoms with van der Waals surface area (Å²) in [7, 11) is -3.61. The summed E-state index contributed by atoms with van der Waals surface area (Å²) in [6.07, 6.45) is 2.65. The van der Waals surface area contributed by atoms with E-state index in [-0.39, 0.29) is 10.9 Å². The van der Waals surface area contributed by atoms with E-state index in [1.165, 1.54) is 0 Å². The number of rotatable bonds is 3. The number of hydrogen-bond acceptors (Lipinski definition) is 4. The Kier molecular flexibility index (Phi) is 3.70. The molecule has 0 aliphatic heterocycles. The predicted molar refractivity (Wildman–Crippen MR) is 84.9 cm³/mol. The lowest BCUT2D eigenvalue weighted by Crippen LogP contribution is -2.31. The molecule has 6 nitrogen and oxygen atoms in total. The Morgan fingerprint density at radius 3 is 2.82 bits per heavy atom. The highest BCUT2D eigenvalue weighted by molar-refractivity contribution is 7.89. The second kappa shape index (κ2) is 5.40. The van der Waals surface area contributed by atoms with Gasteiger partial charge in [-0.15, -0.1) is 0 Å². The number of sulfonamides is 1. The zero-order valence-corrected chi connectivity index (χ0v) is 13.5. The van der Waals surface area contributed by atoms with E-state index in [0.717, 1.165) is 30.4 Å². The molecule has 1 aliphatic carbocycles. The van der Waals surface area contributed by atoms with E-state index in [9.17, 15) is 8.42 Å². The molecular formula is C15H20N4O2S. The summed E-state index contributed by atoms with van der Waals surface area (Å²) < 4.78 is 28.2. The van der Waals surface area contributed by atoms with Crippen molar-refractivity contribution in [3.63, 3.8) is 0 Å². The lowest BCUT2D eigenvalue weighted by molar-refractivity contribution is 0.507. The molecule has 0 fully saturated rings. The number of nitrogen functional groups attached to an aromatic ring is 1. The average Bonchev–Trinajstić information content (AvgIpc) is 2.78. The van der Waals surface area contributed by atoms with Gasteiger partial charge in [0.1, 0.15) is 4.90 Å². The van der Waals surface area contributed by atoms with Crippen LogP contribution in [-0.4, -0.2) is 18.6 Å². The van der Waals surface area contributed by atoms with E-state index >= 15 is 0 Å². The maximum absolute atomic E-state index is 12.7. The second-order valence-electron chi connectivity index (χ2n) is 5.79. The molecule has 22 heavy (non-hydrogen) atoms. The molecule has 0 saturated carbocycles. The predicted octanol–water partition coefficient (Wildman–Crippen LogP) is 1.96. The fourth-order valence-corrected chi connectivity index (χ4v) is 4.76. The van der Waals surface area contributed by atoms with Gasteiger partial charge in [-0.05, 0) is 56.4 Å². The SMILES string of the molecule is Cc1n[nH]c(C)c1S(=O)(=O)NC1CCCc2cc(N)ccc21. The largest absolute Gasteiger partial charge is 0.399 e. The molecule has 4 N–H and O–H groups in total. The number of nitrogens with one attached hydrogen (secondary N) is 2. The average molecular weight is 320 g/mol. The van der Waals surface area contributed by atoms with E-state index in [0.29, 0.717) is 17.1 Å². The van der Waals surface area contributed by atoms with Crippen LogP contribution in [0.25, 0.3) is 0 Å². The van der Waals surface area contributed by atoms with Gasteiger partial charge in [-0.2, -0.15) is 5.10 Å². The molecular weight excluding hydrogens is 300 g/mol. The third-order valence-electron chi connectivity index (χ3n) is 4.11. The van der Waals surface area contributed by atoms with Crippen molar-refractivity contribution in [3.8, 4) is 0 Å². The monoisotopic (exact) mass is 320 g/mol. The molecule has 7 heteroatoms. The molecule has 1 atom stereocenters. The van der Waals surface area contributed by atoms with Gasteiger partial charge in [0.2, 0.25) is 10.0 Å². The maximum atomic E-state index is 12.7. The highest BCUT2D eigenvalue weighted by Gasteiger charge is 2.28. The number of H-pyrrole nitrogens is 1. The Morgan fingerprint density at radius 2 is 2.14 bits per heavy atom. The Morgan fingerprint density at radius 1 is 1.36 bits per heavy atom. The van der Waals surface area contributed by atoms with E-state index in [1.54, 1.807) is 13.8 Å². The van der Waals surface area contributed by atoms with E-state index < -0.39 is 10.0 Å². The van der Waals surface area contributed by atoms with Gasteiger partial charge in [-0.3, -0.25) is 5.10 Å². The molecule has 1 aromatic carbocycles. The standard InChI is InChI=1S/C15H20N4O2S/c1-9-15(10(2)18-17-9)22(20,21)19-14-5-3-4-11-8-12(16)6-7-13(11)14/h6-8,14,19H,3-5,16H2,1-2H3,(H,17,18). The van der Waals surface area contributed by atoms with Crippen molar-refractivity contribution in [2.45, 2.75) is 44.0 Å². The Hall–Kier alpha value is -1.86. The van der Waals surface area contributed by atoms with Gasteiger partial charge in [0, 0.05) is 11.7 Å².